The number of amides is 1. The summed E-state index contributed by atoms with van der Waals surface area (Å²) in [7, 11) is 0. The van der Waals surface area contributed by atoms with Gasteiger partial charge in [0, 0.05) is 5.69 Å². The van der Waals surface area contributed by atoms with Crippen LogP contribution in [0.25, 0.3) is 0 Å². The highest BCUT2D eigenvalue weighted by atomic mass is 35.5. The molecule has 3 aromatic rings. The van der Waals surface area contributed by atoms with E-state index < -0.39 is 0 Å². The van der Waals surface area contributed by atoms with Crippen molar-refractivity contribution >= 4 is 34.7 Å². The lowest BCUT2D eigenvalue weighted by Crippen LogP contribution is -2.12. The number of aromatic nitrogens is 1. The van der Waals surface area contributed by atoms with E-state index in [2.05, 4.69) is 21.7 Å². The smallest absolute Gasteiger partial charge is 0.257 e. The largest absolute Gasteiger partial charge is 0.340 e. The van der Waals surface area contributed by atoms with Crippen LogP contribution in [0.2, 0.25) is 5.02 Å². The van der Waals surface area contributed by atoms with Crippen LogP contribution >= 0.6 is 11.6 Å². The third kappa shape index (κ3) is 4.14. The van der Waals surface area contributed by atoms with E-state index in [1.54, 1.807) is 66.9 Å². The zero-order chi connectivity index (χ0) is 17.6. The first-order valence-corrected chi connectivity index (χ1v) is 7.82. The number of nitrogens with zero attached hydrogens (tertiary/aromatic N) is 2. The maximum atomic E-state index is 12.2. The van der Waals surface area contributed by atoms with Crippen molar-refractivity contribution in [3.8, 4) is 6.07 Å². The number of hydrogen-bond acceptors (Lipinski definition) is 4. The van der Waals surface area contributed by atoms with Gasteiger partial charge in [-0.15, -0.1) is 0 Å². The van der Waals surface area contributed by atoms with E-state index in [-0.39, 0.29) is 5.91 Å². The second-order valence-electron chi connectivity index (χ2n) is 5.18. The van der Waals surface area contributed by atoms with Crippen LogP contribution in [0.3, 0.4) is 0 Å². The maximum absolute atomic E-state index is 12.2. The Morgan fingerprint density at radius 2 is 1.72 bits per heavy atom. The minimum Gasteiger partial charge on any atom is -0.340 e. The first-order valence-electron chi connectivity index (χ1n) is 7.45. The Morgan fingerprint density at radius 3 is 2.36 bits per heavy atom. The van der Waals surface area contributed by atoms with Crippen LogP contribution in [-0.2, 0) is 0 Å². The maximum Gasteiger partial charge on any atom is 0.257 e. The molecule has 0 unspecified atom stereocenters. The topological polar surface area (TPSA) is 77.8 Å². The number of halogens is 1. The number of pyridine rings is 1. The third-order valence-corrected chi connectivity index (χ3v) is 3.76. The Labute approximate surface area is 149 Å². The molecular formula is C19H13ClN4O. The number of rotatable bonds is 4. The molecule has 2 aromatic carbocycles. The van der Waals surface area contributed by atoms with Gasteiger partial charge in [0.2, 0.25) is 0 Å². The van der Waals surface area contributed by atoms with E-state index in [4.69, 9.17) is 16.9 Å². The molecule has 0 atom stereocenters. The van der Waals surface area contributed by atoms with Gasteiger partial charge in [0.15, 0.2) is 0 Å². The number of carbonyl (C=O) groups is 1. The molecule has 0 aliphatic rings. The van der Waals surface area contributed by atoms with Gasteiger partial charge in [-0.1, -0.05) is 23.7 Å². The Bertz CT molecular complexity index is 931. The number of benzene rings is 2. The highest BCUT2D eigenvalue weighted by Crippen LogP contribution is 2.19. The summed E-state index contributed by atoms with van der Waals surface area (Å²) < 4.78 is 0. The van der Waals surface area contributed by atoms with Crippen LogP contribution < -0.4 is 10.6 Å². The number of anilines is 3. The van der Waals surface area contributed by atoms with Crippen LogP contribution in [0.15, 0.2) is 66.9 Å². The molecule has 0 saturated carbocycles. The van der Waals surface area contributed by atoms with E-state index in [0.717, 1.165) is 5.69 Å². The Balaban J connectivity index is 1.67. The normalized spacial score (nSPS) is 9.92. The Morgan fingerprint density at radius 1 is 1.00 bits per heavy atom. The molecule has 0 bridgehead atoms. The van der Waals surface area contributed by atoms with Crippen LogP contribution in [0.1, 0.15) is 15.9 Å². The zero-order valence-corrected chi connectivity index (χ0v) is 13.8. The van der Waals surface area contributed by atoms with Gasteiger partial charge in [-0.2, -0.15) is 5.26 Å². The second-order valence-corrected chi connectivity index (χ2v) is 5.59. The van der Waals surface area contributed by atoms with E-state index in [0.29, 0.717) is 27.7 Å². The number of carbonyl (C=O) groups excluding carboxylic acids is 1. The summed E-state index contributed by atoms with van der Waals surface area (Å²) in [5, 5.41) is 15.1. The summed E-state index contributed by atoms with van der Waals surface area (Å²) in [5.41, 5.74) is 2.38. The van der Waals surface area contributed by atoms with Crippen molar-refractivity contribution in [1.29, 1.82) is 5.26 Å². The van der Waals surface area contributed by atoms with E-state index in [1.165, 1.54) is 0 Å². The lowest BCUT2D eigenvalue weighted by molar-refractivity contribution is 0.102. The molecule has 1 aromatic heterocycles. The summed E-state index contributed by atoms with van der Waals surface area (Å²) in [4.78, 5) is 16.5. The van der Waals surface area contributed by atoms with Gasteiger partial charge in [0.05, 0.1) is 34.1 Å². The summed E-state index contributed by atoms with van der Waals surface area (Å²) >= 11 is 6.02. The van der Waals surface area contributed by atoms with Crippen LogP contribution in [0.5, 0.6) is 0 Å². The van der Waals surface area contributed by atoms with Crippen molar-refractivity contribution in [3.63, 3.8) is 0 Å². The van der Waals surface area contributed by atoms with Crippen molar-refractivity contribution < 1.29 is 4.79 Å². The second kappa shape index (κ2) is 7.47. The highest BCUT2D eigenvalue weighted by Gasteiger charge is 2.09. The van der Waals surface area contributed by atoms with Gasteiger partial charge < -0.3 is 10.6 Å². The summed E-state index contributed by atoms with van der Waals surface area (Å²) in [5.74, 6) is 0.334. The predicted octanol–water partition coefficient (Wildman–Crippen LogP) is 4.60. The molecule has 2 N–H and O–H groups in total. The first kappa shape index (κ1) is 16.5. The number of hydrogen-bond donors (Lipinski definition) is 2. The third-order valence-electron chi connectivity index (χ3n) is 3.43. The lowest BCUT2D eigenvalue weighted by atomic mass is 10.2. The predicted molar refractivity (Wildman–Crippen MR) is 98.1 cm³/mol. The van der Waals surface area contributed by atoms with Crippen molar-refractivity contribution in [2.24, 2.45) is 0 Å². The Kier molecular flexibility index (Phi) is 4.93. The minimum absolute atomic E-state index is 0.291. The average Bonchev–Trinajstić information content (AvgIpc) is 2.64. The lowest BCUT2D eigenvalue weighted by Gasteiger charge is -2.08. The molecule has 0 fully saturated rings. The van der Waals surface area contributed by atoms with Gasteiger partial charge in [0.25, 0.3) is 5.91 Å². The quantitative estimate of drug-likeness (QED) is 0.722. The fraction of sp³-hybridized carbons (Fsp3) is 0. The van der Waals surface area contributed by atoms with Crippen molar-refractivity contribution in [3.05, 3.63) is 83.0 Å². The van der Waals surface area contributed by atoms with Crippen LogP contribution in [0, 0.1) is 11.3 Å². The van der Waals surface area contributed by atoms with Gasteiger partial charge in [0.1, 0.15) is 5.82 Å². The van der Waals surface area contributed by atoms with Gasteiger partial charge in [-0.3, -0.25) is 4.79 Å². The van der Waals surface area contributed by atoms with E-state index >= 15 is 0 Å². The summed E-state index contributed by atoms with van der Waals surface area (Å²) in [6.07, 6.45) is 1.56. The van der Waals surface area contributed by atoms with E-state index in [1.807, 2.05) is 0 Å². The molecule has 0 saturated heterocycles. The summed E-state index contributed by atoms with van der Waals surface area (Å²) in [6.45, 7) is 0. The first-order chi connectivity index (χ1) is 12.2. The van der Waals surface area contributed by atoms with E-state index in [9.17, 15) is 4.79 Å². The molecule has 0 aliphatic heterocycles. The van der Waals surface area contributed by atoms with Gasteiger partial charge in [-0.05, 0) is 48.5 Å². The Hall–Kier alpha value is -3.36. The average molecular weight is 349 g/mol. The molecule has 3 rings (SSSR count). The van der Waals surface area contributed by atoms with Crippen molar-refractivity contribution in [2.75, 3.05) is 10.6 Å². The molecule has 25 heavy (non-hydrogen) atoms. The minimum atomic E-state index is -0.291. The summed E-state index contributed by atoms with van der Waals surface area (Å²) in [6, 6.07) is 19.5. The fourth-order valence-electron chi connectivity index (χ4n) is 2.16. The van der Waals surface area contributed by atoms with Crippen LogP contribution in [-0.4, -0.2) is 10.9 Å². The molecule has 0 radical (unpaired) electrons. The molecule has 0 aliphatic carbocycles. The molecular weight excluding hydrogens is 336 g/mol. The van der Waals surface area contributed by atoms with Crippen molar-refractivity contribution in [2.45, 2.75) is 0 Å². The molecule has 5 nitrogen and oxygen atoms in total. The molecule has 0 spiro atoms. The fourth-order valence-corrected chi connectivity index (χ4v) is 2.38. The molecule has 122 valence electrons. The number of nitrogens with one attached hydrogen (secondary N) is 2. The van der Waals surface area contributed by atoms with Gasteiger partial charge in [-0.25, -0.2) is 4.98 Å². The molecule has 1 heterocycles. The number of nitriles is 1. The SMILES string of the molecule is N#Cc1ccc(Nc2ccc(NC(=O)c3ccccc3Cl)cn2)cc1. The molecule has 6 heteroatoms. The molecule has 1 amide bonds. The highest BCUT2D eigenvalue weighted by molar-refractivity contribution is 6.34. The van der Waals surface area contributed by atoms with Gasteiger partial charge >= 0.3 is 0 Å². The zero-order valence-electron chi connectivity index (χ0n) is 13.0. The van der Waals surface area contributed by atoms with Crippen LogP contribution in [0.4, 0.5) is 17.2 Å². The standard InChI is InChI=1S/C19H13ClN4O/c20-17-4-2-1-3-16(17)19(25)24-15-9-10-18(22-12-15)23-14-7-5-13(11-21)6-8-14/h1-10,12H,(H,22,23)(H,24,25). The van der Waals surface area contributed by atoms with Crippen molar-refractivity contribution in [1.82, 2.24) is 4.98 Å². The monoisotopic (exact) mass is 348 g/mol.